The van der Waals surface area contributed by atoms with E-state index in [-0.39, 0.29) is 23.0 Å². The van der Waals surface area contributed by atoms with Crippen LogP contribution in [0.25, 0.3) is 24.3 Å². The molecule has 0 aromatic heterocycles. The van der Waals surface area contributed by atoms with Gasteiger partial charge in [0.15, 0.2) is 11.5 Å². The molecule has 0 spiro atoms. The van der Waals surface area contributed by atoms with Gasteiger partial charge < -0.3 is 29.9 Å². The summed E-state index contributed by atoms with van der Waals surface area (Å²) in [5, 5.41) is 39.2. The first-order valence-electron chi connectivity index (χ1n) is 12.1. The Kier molecular flexibility index (Phi) is 8.23. The fraction of sp³-hybridized carbons (Fsp3) is 0.125. The Bertz CT molecular complexity index is 1470. The van der Waals surface area contributed by atoms with Gasteiger partial charge in [-0.15, -0.1) is 0 Å². The van der Waals surface area contributed by atoms with E-state index >= 15 is 0 Å². The molecular weight excluding hydrogens is 480 g/mol. The number of ether oxygens (including phenoxy) is 2. The molecule has 4 aromatic carbocycles. The number of hydrogen-bond donors (Lipinski definition) is 4. The van der Waals surface area contributed by atoms with Gasteiger partial charge in [-0.1, -0.05) is 42.5 Å². The number of methoxy groups -OCH3 is 1. The molecule has 0 fully saturated rings. The zero-order valence-corrected chi connectivity index (χ0v) is 21.3. The minimum Gasteiger partial charge on any atom is -0.508 e. The molecule has 6 nitrogen and oxygen atoms in total. The molecule has 4 N–H and O–H groups in total. The van der Waals surface area contributed by atoms with Crippen LogP contribution in [0.1, 0.15) is 33.4 Å². The summed E-state index contributed by atoms with van der Waals surface area (Å²) in [7, 11) is 1.51. The van der Waals surface area contributed by atoms with Crippen molar-refractivity contribution in [3.8, 4) is 34.5 Å². The summed E-state index contributed by atoms with van der Waals surface area (Å²) in [6, 6.07) is 20.8. The predicted octanol–water partition coefficient (Wildman–Crippen LogP) is 6.79. The number of rotatable bonds is 9. The highest BCUT2D eigenvalue weighted by Crippen LogP contribution is 2.28. The fourth-order valence-corrected chi connectivity index (χ4v) is 4.05. The summed E-state index contributed by atoms with van der Waals surface area (Å²) < 4.78 is 11.2. The summed E-state index contributed by atoms with van der Waals surface area (Å²) in [6.07, 6.45) is 8.12. The van der Waals surface area contributed by atoms with Crippen molar-refractivity contribution in [2.45, 2.75) is 13.3 Å². The smallest absolute Gasteiger partial charge is 0.161 e. The Morgan fingerprint density at radius 3 is 1.84 bits per heavy atom. The lowest BCUT2D eigenvalue weighted by atomic mass is 10.1. The Balaban J connectivity index is 1.37. The Hall–Kier alpha value is -4.84. The topological polar surface area (TPSA) is 99.4 Å². The zero-order chi connectivity index (χ0) is 27.1. The van der Waals surface area contributed by atoms with Crippen molar-refractivity contribution in [3.63, 3.8) is 0 Å². The molecule has 0 aliphatic heterocycles. The number of hydrogen-bond acceptors (Lipinski definition) is 6. The van der Waals surface area contributed by atoms with E-state index in [1.807, 2.05) is 55.5 Å². The number of aromatic hydroxyl groups is 4. The molecule has 0 bridgehead atoms. The highest BCUT2D eigenvalue weighted by atomic mass is 16.5. The highest BCUT2D eigenvalue weighted by molar-refractivity contribution is 5.72. The molecule has 0 radical (unpaired) electrons. The maximum absolute atomic E-state index is 10.2. The van der Waals surface area contributed by atoms with Crippen LogP contribution in [0.15, 0.2) is 72.8 Å². The normalized spacial score (nSPS) is 11.3. The van der Waals surface area contributed by atoms with Crippen LogP contribution in [0.3, 0.4) is 0 Å². The average molecular weight is 511 g/mol. The van der Waals surface area contributed by atoms with Crippen LogP contribution in [0.5, 0.6) is 34.5 Å². The van der Waals surface area contributed by atoms with Gasteiger partial charge in [-0.2, -0.15) is 0 Å². The summed E-state index contributed by atoms with van der Waals surface area (Å²) in [4.78, 5) is 0. The lowest BCUT2D eigenvalue weighted by molar-refractivity contribution is 0.319. The van der Waals surface area contributed by atoms with Crippen molar-refractivity contribution in [3.05, 3.63) is 106 Å². The molecule has 0 unspecified atom stereocenters. The maximum atomic E-state index is 10.2. The van der Waals surface area contributed by atoms with Crippen LogP contribution in [-0.2, 0) is 6.42 Å². The molecular formula is C32H30O6. The minimum atomic E-state index is 0.0115. The molecule has 0 aliphatic carbocycles. The van der Waals surface area contributed by atoms with Gasteiger partial charge >= 0.3 is 0 Å². The molecule has 0 amide bonds. The van der Waals surface area contributed by atoms with E-state index < -0.39 is 0 Å². The quantitative estimate of drug-likeness (QED) is 0.185. The van der Waals surface area contributed by atoms with Crippen LogP contribution < -0.4 is 9.47 Å². The molecule has 0 aliphatic rings. The minimum absolute atomic E-state index is 0.0115. The van der Waals surface area contributed by atoms with E-state index in [0.717, 1.165) is 33.6 Å². The standard InChI is InChI=1S/C32H30O6/c1-21-13-22(3-6-25-16-28(34)20-29(35)17-25)8-10-31(21)38-12-11-26-14-24(15-27(33)18-26)5-4-23-7-9-30(36)32(19-23)37-2/h3-10,13-20,33-36H,11-12H2,1-2H3/b5-4+,6-3+. The maximum Gasteiger partial charge on any atom is 0.161 e. The summed E-state index contributed by atoms with van der Waals surface area (Å²) in [6.45, 7) is 2.42. The van der Waals surface area contributed by atoms with E-state index in [2.05, 4.69) is 0 Å². The number of aryl methyl sites for hydroxylation is 1. The molecule has 4 rings (SSSR count). The second-order valence-corrected chi connectivity index (χ2v) is 8.94. The SMILES string of the molecule is COc1cc(/C=C/c2cc(O)cc(CCOc3ccc(/C=C/c4cc(O)cc(O)c4)cc3C)c2)ccc1O. The summed E-state index contributed by atoms with van der Waals surface area (Å²) >= 11 is 0. The lowest BCUT2D eigenvalue weighted by Gasteiger charge is -2.11. The van der Waals surface area contributed by atoms with Crippen molar-refractivity contribution >= 4 is 24.3 Å². The molecule has 0 atom stereocenters. The predicted molar refractivity (Wildman–Crippen MR) is 151 cm³/mol. The third kappa shape index (κ3) is 7.11. The molecule has 0 saturated heterocycles. The largest absolute Gasteiger partial charge is 0.508 e. The first-order valence-corrected chi connectivity index (χ1v) is 12.1. The summed E-state index contributed by atoms with van der Waals surface area (Å²) in [5.41, 5.74) is 5.30. The third-order valence-corrected chi connectivity index (χ3v) is 5.91. The molecule has 194 valence electrons. The Morgan fingerprint density at radius 1 is 0.605 bits per heavy atom. The Labute approximate surface area is 222 Å². The molecule has 6 heteroatoms. The third-order valence-electron chi connectivity index (χ3n) is 5.91. The lowest BCUT2D eigenvalue weighted by Crippen LogP contribution is -2.02. The van der Waals surface area contributed by atoms with Crippen LogP contribution >= 0.6 is 0 Å². The second-order valence-electron chi connectivity index (χ2n) is 8.94. The molecule has 0 saturated carbocycles. The summed E-state index contributed by atoms with van der Waals surface area (Å²) in [5.74, 6) is 1.46. The van der Waals surface area contributed by atoms with Crippen LogP contribution in [-0.4, -0.2) is 34.1 Å². The number of benzene rings is 4. The highest BCUT2D eigenvalue weighted by Gasteiger charge is 2.05. The van der Waals surface area contributed by atoms with E-state index in [9.17, 15) is 20.4 Å². The van der Waals surface area contributed by atoms with Gasteiger partial charge in [0.25, 0.3) is 0 Å². The molecule has 38 heavy (non-hydrogen) atoms. The fourth-order valence-electron chi connectivity index (χ4n) is 4.05. The first-order chi connectivity index (χ1) is 18.3. The Morgan fingerprint density at radius 2 is 1.18 bits per heavy atom. The van der Waals surface area contributed by atoms with Crippen molar-refractivity contribution in [1.82, 2.24) is 0 Å². The van der Waals surface area contributed by atoms with Gasteiger partial charge in [-0.05, 0) is 88.8 Å². The van der Waals surface area contributed by atoms with E-state index in [1.165, 1.54) is 13.2 Å². The first kappa shape index (κ1) is 26.2. The second kappa shape index (κ2) is 11.9. The van der Waals surface area contributed by atoms with Gasteiger partial charge in [0, 0.05) is 12.5 Å². The van der Waals surface area contributed by atoms with Gasteiger partial charge in [0.1, 0.15) is 23.0 Å². The van der Waals surface area contributed by atoms with E-state index in [1.54, 1.807) is 42.5 Å². The van der Waals surface area contributed by atoms with E-state index in [4.69, 9.17) is 9.47 Å². The number of phenols is 4. The van der Waals surface area contributed by atoms with Crippen molar-refractivity contribution in [2.24, 2.45) is 0 Å². The number of phenolic OH excluding ortho intramolecular Hbond substituents is 4. The van der Waals surface area contributed by atoms with Gasteiger partial charge in [0.05, 0.1) is 13.7 Å². The van der Waals surface area contributed by atoms with Gasteiger partial charge in [-0.3, -0.25) is 0 Å². The monoisotopic (exact) mass is 510 g/mol. The van der Waals surface area contributed by atoms with E-state index in [0.29, 0.717) is 24.3 Å². The van der Waals surface area contributed by atoms with Crippen molar-refractivity contribution < 1.29 is 29.9 Å². The van der Waals surface area contributed by atoms with Crippen LogP contribution in [0, 0.1) is 6.92 Å². The average Bonchev–Trinajstić information content (AvgIpc) is 2.87. The van der Waals surface area contributed by atoms with Crippen LogP contribution in [0.2, 0.25) is 0 Å². The zero-order valence-electron chi connectivity index (χ0n) is 21.3. The van der Waals surface area contributed by atoms with Gasteiger partial charge in [0.2, 0.25) is 0 Å². The van der Waals surface area contributed by atoms with Crippen molar-refractivity contribution in [2.75, 3.05) is 13.7 Å². The molecule has 0 heterocycles. The van der Waals surface area contributed by atoms with Crippen LogP contribution in [0.4, 0.5) is 0 Å². The van der Waals surface area contributed by atoms with Crippen molar-refractivity contribution in [1.29, 1.82) is 0 Å². The molecule has 4 aromatic rings. The van der Waals surface area contributed by atoms with Gasteiger partial charge in [-0.25, -0.2) is 0 Å².